The molecule has 11 heavy (non-hydrogen) atoms. The number of carbonyl (C=O) groups excluding carboxylic acids is 1. The second-order valence-corrected chi connectivity index (χ2v) is 2.08. The Kier molecular flexibility index (Phi) is 1.97. The van der Waals surface area contributed by atoms with Crippen LogP contribution in [0.2, 0.25) is 0 Å². The fourth-order valence-electron chi connectivity index (χ4n) is 0.650. The van der Waals surface area contributed by atoms with E-state index in [1.54, 1.807) is 6.07 Å². The third-order valence-corrected chi connectivity index (χ3v) is 1.02. The third-order valence-electron chi connectivity index (χ3n) is 1.02. The van der Waals surface area contributed by atoms with Crippen LogP contribution in [0.25, 0.3) is 0 Å². The third kappa shape index (κ3) is 1.86. The maximum Gasteiger partial charge on any atom is 0.252 e. The van der Waals surface area contributed by atoms with Crippen molar-refractivity contribution in [3.05, 3.63) is 12.2 Å². The molecule has 0 aliphatic carbocycles. The molecule has 0 atom stereocenters. The maximum absolute atomic E-state index is 10.5. The predicted octanol–water partition coefficient (Wildman–Crippen LogP) is -0.261. The van der Waals surface area contributed by atoms with E-state index >= 15 is 0 Å². The van der Waals surface area contributed by atoms with Crippen molar-refractivity contribution in [3.8, 4) is 6.07 Å². The minimum Gasteiger partial charge on any atom is -0.298 e. The topological polar surface area (TPSA) is 71.6 Å². The normalized spacial score (nSPS) is 9.09. The van der Waals surface area contributed by atoms with Crippen LogP contribution in [0.3, 0.4) is 0 Å². The molecule has 0 fully saturated rings. The van der Waals surface area contributed by atoms with Gasteiger partial charge in [0, 0.05) is 0 Å². The molecule has 0 spiro atoms. The van der Waals surface area contributed by atoms with E-state index in [0.717, 1.165) is 0 Å². The summed E-state index contributed by atoms with van der Waals surface area (Å²) in [5.74, 6) is 0.0747. The van der Waals surface area contributed by atoms with Gasteiger partial charge < -0.3 is 0 Å². The molecule has 0 bridgehead atoms. The van der Waals surface area contributed by atoms with Gasteiger partial charge in [-0.2, -0.15) is 5.26 Å². The predicted molar refractivity (Wildman–Crippen MR) is 35.4 cm³/mol. The van der Waals surface area contributed by atoms with E-state index in [1.807, 2.05) is 0 Å². The molecule has 1 heterocycles. The zero-order valence-corrected chi connectivity index (χ0v) is 5.98. The summed E-state index contributed by atoms with van der Waals surface area (Å²) in [6, 6.07) is 1.77. The fourth-order valence-corrected chi connectivity index (χ4v) is 0.650. The molecule has 0 saturated carbocycles. The van der Waals surface area contributed by atoms with Crippen molar-refractivity contribution in [3.63, 3.8) is 0 Å². The first-order valence-corrected chi connectivity index (χ1v) is 3.01. The van der Waals surface area contributed by atoms with Crippen LogP contribution in [0.5, 0.6) is 0 Å². The number of Topliss-reactive ketones (excluding diaryl/α,β-unsaturated/α-hetero) is 1. The number of ketones is 1. The van der Waals surface area contributed by atoms with Crippen LogP contribution >= 0.6 is 0 Å². The number of rotatable bonds is 2. The number of aromatic nitrogens is 3. The first-order chi connectivity index (χ1) is 5.22. The van der Waals surface area contributed by atoms with Crippen molar-refractivity contribution in [2.75, 3.05) is 0 Å². The summed E-state index contributed by atoms with van der Waals surface area (Å²) in [5.41, 5.74) is 0. The molecule has 0 aliphatic heterocycles. The molecule has 1 aromatic heterocycles. The highest BCUT2D eigenvalue weighted by Gasteiger charge is 1.99. The zero-order valence-electron chi connectivity index (χ0n) is 5.98. The molecule has 0 aliphatic rings. The van der Waals surface area contributed by atoms with Crippen LogP contribution in [-0.2, 0) is 11.3 Å². The quantitative estimate of drug-likeness (QED) is 0.582. The monoisotopic (exact) mass is 150 g/mol. The van der Waals surface area contributed by atoms with E-state index in [-0.39, 0.29) is 18.2 Å². The van der Waals surface area contributed by atoms with Crippen LogP contribution in [-0.4, -0.2) is 20.5 Å². The van der Waals surface area contributed by atoms with Crippen molar-refractivity contribution >= 4 is 5.78 Å². The molecule has 0 amide bonds. The summed E-state index contributed by atoms with van der Waals surface area (Å²) in [7, 11) is 0. The minimum absolute atomic E-state index is 0.0145. The lowest BCUT2D eigenvalue weighted by Gasteiger charge is -1.91. The Labute approximate surface area is 63.3 Å². The van der Waals surface area contributed by atoms with Crippen LogP contribution in [0, 0.1) is 11.3 Å². The van der Waals surface area contributed by atoms with Gasteiger partial charge in [0.2, 0.25) is 0 Å². The van der Waals surface area contributed by atoms with Gasteiger partial charge in [0.15, 0.2) is 5.78 Å². The Morgan fingerprint density at radius 2 is 2.64 bits per heavy atom. The number of hydrogen-bond donors (Lipinski definition) is 0. The summed E-state index contributed by atoms with van der Waals surface area (Å²) >= 11 is 0. The highest BCUT2D eigenvalue weighted by molar-refractivity contribution is 5.75. The highest BCUT2D eigenvalue weighted by Crippen LogP contribution is 1.86. The number of carbonyl (C=O) groups is 1. The Hall–Kier alpha value is -1.70. The van der Waals surface area contributed by atoms with Crippen molar-refractivity contribution in [2.24, 2.45) is 0 Å². The van der Waals surface area contributed by atoms with Gasteiger partial charge in [-0.1, -0.05) is 0 Å². The standard InChI is InChI=1S/C6H6N4O/c1-5(11)3-10-4-8-6(2-7)9-10/h4H,3H2,1H3. The van der Waals surface area contributed by atoms with Gasteiger partial charge in [0.1, 0.15) is 18.9 Å². The van der Waals surface area contributed by atoms with Gasteiger partial charge in [0.05, 0.1) is 0 Å². The molecule has 0 N–H and O–H groups in total. The second-order valence-electron chi connectivity index (χ2n) is 2.08. The van der Waals surface area contributed by atoms with E-state index in [2.05, 4.69) is 10.1 Å². The minimum atomic E-state index is -0.0145. The largest absolute Gasteiger partial charge is 0.298 e. The Morgan fingerprint density at radius 1 is 1.91 bits per heavy atom. The summed E-state index contributed by atoms with van der Waals surface area (Å²) in [4.78, 5) is 14.2. The maximum atomic E-state index is 10.5. The van der Waals surface area contributed by atoms with E-state index in [9.17, 15) is 4.79 Å². The highest BCUT2D eigenvalue weighted by atomic mass is 16.1. The van der Waals surface area contributed by atoms with Gasteiger partial charge in [-0.3, -0.25) is 4.79 Å². The molecule has 5 nitrogen and oxygen atoms in total. The molecule has 0 saturated heterocycles. The molecule has 1 rings (SSSR count). The molecule has 5 heteroatoms. The lowest BCUT2D eigenvalue weighted by Crippen LogP contribution is -2.06. The number of nitriles is 1. The fraction of sp³-hybridized carbons (Fsp3) is 0.333. The van der Waals surface area contributed by atoms with E-state index in [0.29, 0.717) is 0 Å². The summed E-state index contributed by atoms with van der Waals surface area (Å²) < 4.78 is 1.33. The smallest absolute Gasteiger partial charge is 0.252 e. The van der Waals surface area contributed by atoms with Crippen molar-refractivity contribution in [1.82, 2.24) is 14.8 Å². The lowest BCUT2D eigenvalue weighted by atomic mass is 10.5. The van der Waals surface area contributed by atoms with Crippen LogP contribution in [0.4, 0.5) is 0 Å². The molecular weight excluding hydrogens is 144 g/mol. The van der Waals surface area contributed by atoms with Crippen molar-refractivity contribution < 1.29 is 4.79 Å². The second kappa shape index (κ2) is 2.92. The average Bonchev–Trinajstić information content (AvgIpc) is 2.34. The summed E-state index contributed by atoms with van der Waals surface area (Å²) in [6.07, 6.45) is 1.36. The molecular formula is C6H6N4O. The zero-order chi connectivity index (χ0) is 8.27. The van der Waals surface area contributed by atoms with Crippen LogP contribution in [0.1, 0.15) is 12.7 Å². The number of nitrogens with zero attached hydrogens (tertiary/aromatic N) is 4. The average molecular weight is 150 g/mol. The Balaban J connectivity index is 2.75. The molecule has 1 aromatic rings. The molecule has 0 unspecified atom stereocenters. The number of hydrogen-bond acceptors (Lipinski definition) is 4. The SMILES string of the molecule is CC(=O)Cn1cnc(C#N)n1. The Morgan fingerprint density at radius 3 is 3.09 bits per heavy atom. The van der Waals surface area contributed by atoms with E-state index in [4.69, 9.17) is 5.26 Å². The molecule has 0 radical (unpaired) electrons. The molecule has 0 aromatic carbocycles. The Bertz CT molecular complexity index is 309. The summed E-state index contributed by atoms with van der Waals surface area (Å²) in [5, 5.41) is 12.0. The van der Waals surface area contributed by atoms with Gasteiger partial charge in [0.25, 0.3) is 5.82 Å². The van der Waals surface area contributed by atoms with Crippen LogP contribution < -0.4 is 0 Å². The van der Waals surface area contributed by atoms with Crippen molar-refractivity contribution in [2.45, 2.75) is 13.5 Å². The van der Waals surface area contributed by atoms with Gasteiger partial charge >= 0.3 is 0 Å². The van der Waals surface area contributed by atoms with Gasteiger partial charge in [-0.25, -0.2) is 9.67 Å². The van der Waals surface area contributed by atoms with E-state index < -0.39 is 0 Å². The lowest BCUT2D eigenvalue weighted by molar-refractivity contribution is -0.117. The van der Waals surface area contributed by atoms with Crippen LogP contribution in [0.15, 0.2) is 6.33 Å². The van der Waals surface area contributed by atoms with Gasteiger partial charge in [-0.05, 0) is 6.92 Å². The summed E-state index contributed by atoms with van der Waals surface area (Å²) in [6.45, 7) is 1.63. The first-order valence-electron chi connectivity index (χ1n) is 3.01. The van der Waals surface area contributed by atoms with Gasteiger partial charge in [-0.15, -0.1) is 5.10 Å². The molecule has 56 valence electrons. The van der Waals surface area contributed by atoms with E-state index in [1.165, 1.54) is 17.9 Å². The van der Waals surface area contributed by atoms with Crippen molar-refractivity contribution in [1.29, 1.82) is 5.26 Å². The first kappa shape index (κ1) is 7.41.